The minimum absolute atomic E-state index is 0.00256. The number of likely N-dealkylation sites (N-methyl/N-ethyl adjacent to an activating group) is 1. The molecule has 1 saturated heterocycles. The van der Waals surface area contributed by atoms with E-state index >= 15 is 0 Å². The van der Waals surface area contributed by atoms with Crippen LogP contribution in [0.1, 0.15) is 24.0 Å². The molecule has 2 rings (SSSR count). The van der Waals surface area contributed by atoms with Crippen LogP contribution >= 0.6 is 0 Å². The Morgan fingerprint density at radius 1 is 1.44 bits per heavy atom. The molecule has 1 atom stereocenters. The van der Waals surface area contributed by atoms with Crippen molar-refractivity contribution in [3.63, 3.8) is 0 Å². The molecule has 18 heavy (non-hydrogen) atoms. The molecule has 1 aliphatic rings. The van der Waals surface area contributed by atoms with E-state index in [9.17, 15) is 0 Å². The lowest BCUT2D eigenvalue weighted by Crippen LogP contribution is -2.42. The zero-order valence-electron chi connectivity index (χ0n) is 11.7. The number of methoxy groups -OCH3 is 1. The molecule has 1 heterocycles. The van der Waals surface area contributed by atoms with Crippen molar-refractivity contribution < 1.29 is 4.74 Å². The second-order valence-corrected chi connectivity index (χ2v) is 5.65. The van der Waals surface area contributed by atoms with Crippen molar-refractivity contribution in [2.75, 3.05) is 27.2 Å². The van der Waals surface area contributed by atoms with Gasteiger partial charge >= 0.3 is 0 Å². The van der Waals surface area contributed by atoms with Gasteiger partial charge in [-0.05, 0) is 57.0 Å². The Labute approximate surface area is 110 Å². The van der Waals surface area contributed by atoms with Crippen LogP contribution < -0.4 is 10.5 Å². The summed E-state index contributed by atoms with van der Waals surface area (Å²) in [6.45, 7) is 4.23. The molecule has 0 aromatic heterocycles. The van der Waals surface area contributed by atoms with Crippen LogP contribution in [0.2, 0.25) is 0 Å². The number of likely N-dealkylation sites (tertiary alicyclic amines) is 1. The molecule has 2 N–H and O–H groups in total. The molecule has 1 aromatic rings. The number of nitrogens with zero attached hydrogens (tertiary/aromatic N) is 1. The lowest BCUT2D eigenvalue weighted by Gasteiger charge is -2.23. The van der Waals surface area contributed by atoms with Crippen LogP contribution in [0.3, 0.4) is 0 Å². The molecule has 100 valence electrons. The van der Waals surface area contributed by atoms with E-state index < -0.39 is 0 Å². The molecule has 0 saturated carbocycles. The summed E-state index contributed by atoms with van der Waals surface area (Å²) >= 11 is 0. The number of hydrogen-bond donors (Lipinski definition) is 1. The van der Waals surface area contributed by atoms with Gasteiger partial charge in [0.1, 0.15) is 5.75 Å². The molecular weight excluding hydrogens is 224 g/mol. The fourth-order valence-electron chi connectivity index (χ4n) is 2.80. The van der Waals surface area contributed by atoms with Crippen molar-refractivity contribution in [3.8, 4) is 5.75 Å². The fraction of sp³-hybridized carbons (Fsp3) is 0.600. The van der Waals surface area contributed by atoms with Crippen molar-refractivity contribution in [2.45, 2.75) is 31.7 Å². The minimum atomic E-state index is 0.00256. The molecule has 0 radical (unpaired) electrons. The Balaban J connectivity index is 1.96. The highest BCUT2D eigenvalue weighted by molar-refractivity contribution is 5.36. The highest BCUT2D eigenvalue weighted by Crippen LogP contribution is 2.25. The summed E-state index contributed by atoms with van der Waals surface area (Å²) in [4.78, 5) is 2.32. The topological polar surface area (TPSA) is 38.5 Å². The first-order chi connectivity index (χ1) is 8.52. The molecular formula is C15H24N2O. The second-order valence-electron chi connectivity index (χ2n) is 5.65. The van der Waals surface area contributed by atoms with Crippen molar-refractivity contribution >= 4 is 0 Å². The van der Waals surface area contributed by atoms with E-state index in [4.69, 9.17) is 10.5 Å². The molecule has 0 spiro atoms. The van der Waals surface area contributed by atoms with Gasteiger partial charge in [-0.2, -0.15) is 0 Å². The number of hydrogen-bond acceptors (Lipinski definition) is 3. The van der Waals surface area contributed by atoms with E-state index in [1.165, 1.54) is 11.1 Å². The molecule has 0 bridgehead atoms. The number of aryl methyl sites for hydroxylation is 2. The van der Waals surface area contributed by atoms with Gasteiger partial charge in [-0.1, -0.05) is 12.1 Å². The standard InChI is InChI=1S/C15H24N2O/c1-12-10-13(4-5-14(12)18-3)6-7-15(16)8-9-17(2)11-15/h4-5,10H,6-9,11,16H2,1-3H3. The predicted octanol–water partition coefficient (Wildman–Crippen LogP) is 1.97. The fourth-order valence-corrected chi connectivity index (χ4v) is 2.80. The zero-order chi connectivity index (χ0) is 13.2. The summed E-state index contributed by atoms with van der Waals surface area (Å²) in [6.07, 6.45) is 3.22. The van der Waals surface area contributed by atoms with Gasteiger partial charge in [0.05, 0.1) is 7.11 Å². The van der Waals surface area contributed by atoms with Gasteiger partial charge in [0.25, 0.3) is 0 Å². The van der Waals surface area contributed by atoms with Crippen molar-refractivity contribution in [1.82, 2.24) is 4.90 Å². The largest absolute Gasteiger partial charge is 0.496 e. The van der Waals surface area contributed by atoms with Crippen molar-refractivity contribution in [3.05, 3.63) is 29.3 Å². The lowest BCUT2D eigenvalue weighted by atomic mass is 9.91. The summed E-state index contributed by atoms with van der Waals surface area (Å²) in [7, 11) is 3.86. The van der Waals surface area contributed by atoms with Crippen LogP contribution in [-0.2, 0) is 6.42 Å². The average Bonchev–Trinajstić information content (AvgIpc) is 2.68. The third-order valence-electron chi connectivity index (χ3n) is 3.95. The quantitative estimate of drug-likeness (QED) is 0.885. The maximum Gasteiger partial charge on any atom is 0.121 e. The van der Waals surface area contributed by atoms with Crippen LogP contribution in [0.15, 0.2) is 18.2 Å². The van der Waals surface area contributed by atoms with E-state index in [-0.39, 0.29) is 5.54 Å². The first kappa shape index (κ1) is 13.4. The molecule has 3 heteroatoms. The number of nitrogens with two attached hydrogens (primary N) is 1. The van der Waals surface area contributed by atoms with Gasteiger partial charge in [0.2, 0.25) is 0 Å². The zero-order valence-corrected chi connectivity index (χ0v) is 11.7. The van der Waals surface area contributed by atoms with Crippen LogP contribution in [-0.4, -0.2) is 37.7 Å². The molecule has 3 nitrogen and oxygen atoms in total. The molecule has 1 aromatic carbocycles. The summed E-state index contributed by atoms with van der Waals surface area (Å²) in [6, 6.07) is 6.41. The average molecular weight is 248 g/mol. The van der Waals surface area contributed by atoms with Gasteiger partial charge in [-0.15, -0.1) is 0 Å². The Kier molecular flexibility index (Phi) is 3.93. The monoisotopic (exact) mass is 248 g/mol. The lowest BCUT2D eigenvalue weighted by molar-refractivity contribution is 0.354. The predicted molar refractivity (Wildman–Crippen MR) is 75.1 cm³/mol. The van der Waals surface area contributed by atoms with E-state index in [1.807, 2.05) is 0 Å². The number of benzene rings is 1. The Morgan fingerprint density at radius 3 is 2.78 bits per heavy atom. The molecule has 0 amide bonds. The molecule has 1 aliphatic heterocycles. The molecule has 0 aliphatic carbocycles. The van der Waals surface area contributed by atoms with Crippen LogP contribution in [0.5, 0.6) is 5.75 Å². The summed E-state index contributed by atoms with van der Waals surface area (Å²) < 4.78 is 5.28. The number of rotatable bonds is 4. The van der Waals surface area contributed by atoms with E-state index in [0.29, 0.717) is 0 Å². The SMILES string of the molecule is COc1ccc(CCC2(N)CCN(C)C2)cc1C. The van der Waals surface area contributed by atoms with Crippen molar-refractivity contribution in [2.24, 2.45) is 5.73 Å². The second kappa shape index (κ2) is 5.29. The Hall–Kier alpha value is -1.06. The number of ether oxygens (including phenoxy) is 1. The van der Waals surface area contributed by atoms with Gasteiger partial charge in [0, 0.05) is 12.1 Å². The maximum atomic E-state index is 6.43. The summed E-state index contributed by atoms with van der Waals surface area (Å²) in [5.74, 6) is 0.960. The third kappa shape index (κ3) is 3.03. The minimum Gasteiger partial charge on any atom is -0.496 e. The van der Waals surface area contributed by atoms with Gasteiger partial charge in [-0.3, -0.25) is 0 Å². The van der Waals surface area contributed by atoms with E-state index in [0.717, 1.165) is 38.1 Å². The first-order valence-corrected chi connectivity index (χ1v) is 6.63. The Bertz CT molecular complexity index is 419. The van der Waals surface area contributed by atoms with E-state index in [1.54, 1.807) is 7.11 Å². The molecule has 1 unspecified atom stereocenters. The Morgan fingerprint density at radius 2 is 2.22 bits per heavy atom. The van der Waals surface area contributed by atoms with E-state index in [2.05, 4.69) is 37.1 Å². The highest BCUT2D eigenvalue weighted by atomic mass is 16.5. The van der Waals surface area contributed by atoms with Crippen LogP contribution in [0.4, 0.5) is 0 Å². The van der Waals surface area contributed by atoms with Gasteiger partial charge < -0.3 is 15.4 Å². The maximum absolute atomic E-state index is 6.43. The van der Waals surface area contributed by atoms with Crippen LogP contribution in [0.25, 0.3) is 0 Å². The van der Waals surface area contributed by atoms with Crippen LogP contribution in [0, 0.1) is 6.92 Å². The smallest absolute Gasteiger partial charge is 0.121 e. The normalized spacial score (nSPS) is 24.4. The van der Waals surface area contributed by atoms with Gasteiger partial charge in [-0.25, -0.2) is 0 Å². The summed E-state index contributed by atoms with van der Waals surface area (Å²) in [5.41, 5.74) is 8.98. The van der Waals surface area contributed by atoms with Crippen molar-refractivity contribution in [1.29, 1.82) is 0 Å². The highest BCUT2D eigenvalue weighted by Gasteiger charge is 2.31. The molecule has 1 fully saturated rings. The summed E-state index contributed by atoms with van der Waals surface area (Å²) in [5, 5.41) is 0. The first-order valence-electron chi connectivity index (χ1n) is 6.63. The third-order valence-corrected chi connectivity index (χ3v) is 3.95. The van der Waals surface area contributed by atoms with Gasteiger partial charge in [0.15, 0.2) is 0 Å².